The molecule has 9 nitrogen and oxygen atoms in total. The number of hydrogen-bond donors (Lipinski definition) is 1. The van der Waals surface area contributed by atoms with Crippen LogP contribution < -0.4 is 4.74 Å². The van der Waals surface area contributed by atoms with Gasteiger partial charge in [-0.3, -0.25) is 9.88 Å². The van der Waals surface area contributed by atoms with Crippen molar-refractivity contribution in [3.8, 4) is 11.6 Å². The van der Waals surface area contributed by atoms with Crippen LogP contribution in [-0.4, -0.2) is 62.6 Å². The van der Waals surface area contributed by atoms with Gasteiger partial charge in [0.25, 0.3) is 6.02 Å². The van der Waals surface area contributed by atoms with Gasteiger partial charge in [0.15, 0.2) is 0 Å². The molecular formula is C33H33N5O4. The average molecular weight is 564 g/mol. The minimum atomic E-state index is -0.966. The molecule has 0 bridgehead atoms. The van der Waals surface area contributed by atoms with Crippen molar-refractivity contribution < 1.29 is 19.4 Å². The Balaban J connectivity index is 1.11. The van der Waals surface area contributed by atoms with Crippen LogP contribution in [0.2, 0.25) is 0 Å². The Bertz CT molecular complexity index is 1540. The Morgan fingerprint density at radius 1 is 1.02 bits per heavy atom. The van der Waals surface area contributed by atoms with Crippen LogP contribution in [0.5, 0.6) is 11.6 Å². The zero-order valence-electron chi connectivity index (χ0n) is 23.5. The maximum atomic E-state index is 11.1. The first kappa shape index (κ1) is 27.4. The second-order valence-electron chi connectivity index (χ2n) is 10.6. The van der Waals surface area contributed by atoms with Gasteiger partial charge in [0.1, 0.15) is 12.4 Å². The Kier molecular flexibility index (Phi) is 8.09. The fourth-order valence-corrected chi connectivity index (χ4v) is 5.58. The van der Waals surface area contributed by atoms with Gasteiger partial charge in [0, 0.05) is 43.6 Å². The zero-order valence-corrected chi connectivity index (χ0v) is 23.5. The predicted octanol–water partition coefficient (Wildman–Crippen LogP) is 6.00. The van der Waals surface area contributed by atoms with E-state index in [1.807, 2.05) is 31.2 Å². The number of nitrogens with zero attached hydrogens (tertiary/aromatic N) is 5. The molecule has 6 rings (SSSR count). The first-order valence-corrected chi connectivity index (χ1v) is 14.2. The van der Waals surface area contributed by atoms with Crippen LogP contribution in [0.15, 0.2) is 96.2 Å². The number of hydrogen-bond acceptors (Lipinski definition) is 7. The van der Waals surface area contributed by atoms with Crippen molar-refractivity contribution in [3.05, 3.63) is 114 Å². The van der Waals surface area contributed by atoms with Crippen molar-refractivity contribution in [2.75, 3.05) is 19.7 Å². The van der Waals surface area contributed by atoms with E-state index in [4.69, 9.17) is 19.6 Å². The van der Waals surface area contributed by atoms with E-state index in [9.17, 15) is 4.79 Å². The van der Waals surface area contributed by atoms with Gasteiger partial charge in [-0.05, 0) is 67.3 Å². The molecule has 1 atom stereocenters. The molecule has 214 valence electrons. The Hall–Kier alpha value is -4.76. The first-order chi connectivity index (χ1) is 20.5. The van der Waals surface area contributed by atoms with Gasteiger partial charge < -0.3 is 19.5 Å². The molecule has 0 unspecified atom stereocenters. The van der Waals surface area contributed by atoms with Crippen LogP contribution in [0.25, 0.3) is 0 Å². The molecule has 2 fully saturated rings. The lowest BCUT2D eigenvalue weighted by Gasteiger charge is -2.39. The molecule has 0 amide bonds. The Morgan fingerprint density at radius 3 is 2.50 bits per heavy atom. The molecule has 0 saturated carbocycles. The monoisotopic (exact) mass is 563 g/mol. The lowest BCUT2D eigenvalue weighted by molar-refractivity contribution is 0.0697. The van der Waals surface area contributed by atoms with Crippen molar-refractivity contribution in [2.24, 2.45) is 4.99 Å². The second-order valence-corrected chi connectivity index (χ2v) is 10.6. The summed E-state index contributed by atoms with van der Waals surface area (Å²) in [6.45, 7) is 5.29. The van der Waals surface area contributed by atoms with E-state index < -0.39 is 5.97 Å². The van der Waals surface area contributed by atoms with Gasteiger partial charge >= 0.3 is 5.97 Å². The molecule has 9 heteroatoms. The Morgan fingerprint density at radius 2 is 1.81 bits per heavy atom. The number of aryl methyl sites for hydroxylation is 1. The number of aromatic nitrogens is 2. The van der Waals surface area contributed by atoms with E-state index in [1.54, 1.807) is 24.5 Å². The van der Waals surface area contributed by atoms with E-state index in [2.05, 4.69) is 50.1 Å². The number of piperidine rings is 1. The van der Waals surface area contributed by atoms with Crippen molar-refractivity contribution in [1.82, 2.24) is 19.8 Å². The number of pyridine rings is 2. The average Bonchev–Trinajstić information content (AvgIpc) is 3.43. The molecule has 1 N–H and O–H groups in total. The quantitative estimate of drug-likeness (QED) is 0.279. The van der Waals surface area contributed by atoms with Crippen molar-refractivity contribution in [3.63, 3.8) is 0 Å². The standard InChI is InChI=1S/C33H33N5O4/c1-23-26(11-14-31(35-23)42-29-12-9-25(10-13-29)32(39)40)21-37-18-15-28(16-19-37)38-30(24-6-3-2-4-7-24)22-41-33(38)36-27-8-5-17-34-20-27/h2-14,17,20,28,30H,15-16,18-19,21-22H2,1H3,(H,39,40)/b36-33+/t30-/m0/s1. The van der Waals surface area contributed by atoms with Gasteiger partial charge in [-0.15, -0.1) is 0 Å². The lowest BCUT2D eigenvalue weighted by atomic mass is 9.98. The molecule has 2 saturated heterocycles. The molecule has 2 aromatic carbocycles. The number of aromatic carboxylic acids is 1. The molecule has 0 aliphatic carbocycles. The molecule has 2 aliphatic heterocycles. The first-order valence-electron chi connectivity index (χ1n) is 14.2. The predicted molar refractivity (Wildman–Crippen MR) is 159 cm³/mol. The molecule has 2 aliphatic rings. The number of benzene rings is 2. The van der Waals surface area contributed by atoms with Crippen LogP contribution >= 0.6 is 0 Å². The SMILES string of the molecule is Cc1nc(Oc2ccc(C(=O)O)cc2)ccc1CN1CCC(N2/C(=N\c3cccnc3)OC[C@H]2c2ccccc2)CC1. The van der Waals surface area contributed by atoms with Crippen molar-refractivity contribution in [2.45, 2.75) is 38.4 Å². The van der Waals surface area contributed by atoms with Crippen molar-refractivity contribution >= 4 is 17.7 Å². The summed E-state index contributed by atoms with van der Waals surface area (Å²) in [6, 6.07) is 25.7. The molecule has 0 spiro atoms. The normalized spacial score (nSPS) is 18.6. The summed E-state index contributed by atoms with van der Waals surface area (Å²) in [6.07, 6.45) is 5.51. The molecule has 4 heterocycles. The number of carbonyl (C=O) groups is 1. The maximum absolute atomic E-state index is 11.1. The van der Waals surface area contributed by atoms with E-state index in [-0.39, 0.29) is 11.6 Å². The van der Waals surface area contributed by atoms with Crippen LogP contribution in [-0.2, 0) is 11.3 Å². The largest absolute Gasteiger partial charge is 0.478 e. The molecule has 42 heavy (non-hydrogen) atoms. The highest BCUT2D eigenvalue weighted by atomic mass is 16.5. The van der Waals surface area contributed by atoms with Crippen LogP contribution in [0.1, 0.15) is 46.1 Å². The van der Waals surface area contributed by atoms with Gasteiger partial charge in [-0.1, -0.05) is 36.4 Å². The van der Waals surface area contributed by atoms with Crippen LogP contribution in [0, 0.1) is 6.92 Å². The highest BCUT2D eigenvalue weighted by Crippen LogP contribution is 2.34. The number of rotatable bonds is 8. The molecule has 2 aromatic heterocycles. The number of likely N-dealkylation sites (tertiary alicyclic amines) is 1. The fourth-order valence-electron chi connectivity index (χ4n) is 5.58. The summed E-state index contributed by atoms with van der Waals surface area (Å²) in [4.78, 5) is 29.6. The number of carboxylic acid groups (broad SMARTS) is 1. The number of carboxylic acids is 1. The molecule has 4 aromatic rings. The summed E-state index contributed by atoms with van der Waals surface area (Å²) < 4.78 is 12.0. The molecule has 0 radical (unpaired) electrons. The number of amidine groups is 1. The van der Waals surface area contributed by atoms with Crippen LogP contribution in [0.4, 0.5) is 5.69 Å². The summed E-state index contributed by atoms with van der Waals surface area (Å²) in [5.74, 6) is 0.0688. The summed E-state index contributed by atoms with van der Waals surface area (Å²) in [7, 11) is 0. The highest BCUT2D eigenvalue weighted by Gasteiger charge is 2.39. The maximum Gasteiger partial charge on any atom is 0.335 e. The minimum absolute atomic E-state index is 0.123. The van der Waals surface area contributed by atoms with E-state index in [0.29, 0.717) is 30.3 Å². The third-order valence-electron chi connectivity index (χ3n) is 7.82. The fraction of sp³-hybridized carbons (Fsp3) is 0.273. The van der Waals surface area contributed by atoms with Gasteiger partial charge in [0.2, 0.25) is 5.88 Å². The Labute approximate surface area is 245 Å². The van der Waals surface area contributed by atoms with Gasteiger partial charge in [-0.2, -0.15) is 4.99 Å². The summed E-state index contributed by atoms with van der Waals surface area (Å²) >= 11 is 0. The van der Waals surface area contributed by atoms with E-state index in [1.165, 1.54) is 17.7 Å². The van der Waals surface area contributed by atoms with Crippen LogP contribution in [0.3, 0.4) is 0 Å². The lowest BCUT2D eigenvalue weighted by Crippen LogP contribution is -2.46. The zero-order chi connectivity index (χ0) is 28.9. The second kappa shape index (κ2) is 12.4. The van der Waals surface area contributed by atoms with Crippen molar-refractivity contribution in [1.29, 1.82) is 0 Å². The third kappa shape index (κ3) is 6.26. The number of aliphatic imine (C=N–C) groups is 1. The third-order valence-corrected chi connectivity index (χ3v) is 7.82. The topological polar surface area (TPSA) is 100 Å². The highest BCUT2D eigenvalue weighted by molar-refractivity contribution is 5.87. The summed E-state index contributed by atoms with van der Waals surface area (Å²) in [5.41, 5.74) is 4.32. The van der Waals surface area contributed by atoms with E-state index in [0.717, 1.165) is 49.4 Å². The van der Waals surface area contributed by atoms with Gasteiger partial charge in [-0.25, -0.2) is 9.78 Å². The van der Waals surface area contributed by atoms with E-state index >= 15 is 0 Å². The molecular weight excluding hydrogens is 530 g/mol. The van der Waals surface area contributed by atoms with Gasteiger partial charge in [0.05, 0.1) is 23.5 Å². The number of ether oxygens (including phenoxy) is 2. The minimum Gasteiger partial charge on any atom is -0.478 e. The summed E-state index contributed by atoms with van der Waals surface area (Å²) in [5, 5.41) is 9.09. The smallest absolute Gasteiger partial charge is 0.335 e.